The van der Waals surface area contributed by atoms with E-state index in [1.807, 2.05) is 13.8 Å². The average molecular weight is 168 g/mol. The van der Waals surface area contributed by atoms with Gasteiger partial charge in [-0.3, -0.25) is 0 Å². The molecule has 0 aliphatic heterocycles. The summed E-state index contributed by atoms with van der Waals surface area (Å²) < 4.78 is 0. The average Bonchev–Trinajstić information content (AvgIpc) is 2.07. The molecule has 0 bridgehead atoms. The van der Waals surface area contributed by atoms with Gasteiger partial charge in [-0.25, -0.2) is 0 Å². The zero-order valence-electron chi connectivity index (χ0n) is 9.73. The minimum Gasteiger partial charge on any atom is -0.0847 e. The molecule has 0 aromatic heterocycles. The first-order valence-corrected chi connectivity index (χ1v) is 4.89. The van der Waals surface area contributed by atoms with E-state index in [2.05, 4.69) is 46.8 Å². The van der Waals surface area contributed by atoms with E-state index in [1.165, 1.54) is 11.1 Å². The molecule has 72 valence electrons. The van der Waals surface area contributed by atoms with Crippen molar-refractivity contribution in [1.29, 1.82) is 0 Å². The zero-order chi connectivity index (χ0) is 10.1. The van der Waals surface area contributed by atoms with Gasteiger partial charge in [0.25, 0.3) is 0 Å². The standard InChI is InChI=1S/C10H18.C2H6/c1-6-9(4)7-10(5)8(2)3;1-2/h6-8H,1-5H3;1-2H3/b9-6-,10-7+;. The summed E-state index contributed by atoms with van der Waals surface area (Å²) in [5.41, 5.74) is 2.81. The maximum Gasteiger partial charge on any atom is -0.0260 e. The molecule has 0 aromatic carbocycles. The van der Waals surface area contributed by atoms with E-state index in [1.54, 1.807) is 0 Å². The molecule has 0 nitrogen and oxygen atoms in total. The Balaban J connectivity index is 0. The van der Waals surface area contributed by atoms with Crippen LogP contribution in [0.5, 0.6) is 0 Å². The Morgan fingerprint density at radius 3 is 1.75 bits per heavy atom. The fraction of sp³-hybridized carbons (Fsp3) is 0.667. The lowest BCUT2D eigenvalue weighted by molar-refractivity contribution is 0.768. The second kappa shape index (κ2) is 8.58. The van der Waals surface area contributed by atoms with Gasteiger partial charge in [0.15, 0.2) is 0 Å². The molecular formula is C12H24. The van der Waals surface area contributed by atoms with Crippen molar-refractivity contribution in [3.05, 3.63) is 23.3 Å². The highest BCUT2D eigenvalue weighted by Gasteiger charge is 1.94. The molecule has 0 heteroatoms. The van der Waals surface area contributed by atoms with Crippen molar-refractivity contribution in [2.24, 2.45) is 5.92 Å². The van der Waals surface area contributed by atoms with E-state index in [0.717, 1.165) is 0 Å². The molecule has 0 aliphatic rings. The van der Waals surface area contributed by atoms with Crippen molar-refractivity contribution in [2.75, 3.05) is 0 Å². The SMILES string of the molecule is C/C=C(C)\C=C(/C)C(C)C.CC. The van der Waals surface area contributed by atoms with Crippen LogP contribution in [0.3, 0.4) is 0 Å². The van der Waals surface area contributed by atoms with Crippen LogP contribution in [0.4, 0.5) is 0 Å². The Morgan fingerprint density at radius 1 is 1.08 bits per heavy atom. The number of rotatable bonds is 2. The molecule has 0 saturated heterocycles. The second-order valence-electron chi connectivity index (χ2n) is 3.08. The van der Waals surface area contributed by atoms with E-state index in [-0.39, 0.29) is 0 Å². The summed E-state index contributed by atoms with van der Waals surface area (Å²) in [6.45, 7) is 14.8. The van der Waals surface area contributed by atoms with Crippen LogP contribution in [-0.2, 0) is 0 Å². The third kappa shape index (κ3) is 7.59. The highest BCUT2D eigenvalue weighted by atomic mass is 14.0. The van der Waals surface area contributed by atoms with Crippen molar-refractivity contribution in [1.82, 2.24) is 0 Å². The van der Waals surface area contributed by atoms with Crippen molar-refractivity contribution in [2.45, 2.75) is 48.5 Å². The molecule has 0 heterocycles. The normalized spacial score (nSPS) is 12.7. The van der Waals surface area contributed by atoms with Gasteiger partial charge >= 0.3 is 0 Å². The van der Waals surface area contributed by atoms with Crippen LogP contribution in [0.25, 0.3) is 0 Å². The van der Waals surface area contributed by atoms with Crippen LogP contribution in [0.1, 0.15) is 48.5 Å². The van der Waals surface area contributed by atoms with Crippen LogP contribution in [0, 0.1) is 5.92 Å². The van der Waals surface area contributed by atoms with E-state index in [4.69, 9.17) is 0 Å². The lowest BCUT2D eigenvalue weighted by Crippen LogP contribution is -1.88. The van der Waals surface area contributed by atoms with Crippen LogP contribution < -0.4 is 0 Å². The fourth-order valence-electron chi connectivity index (χ4n) is 0.609. The predicted octanol–water partition coefficient (Wildman–Crippen LogP) is 4.58. The van der Waals surface area contributed by atoms with E-state index < -0.39 is 0 Å². The number of hydrogen-bond acceptors (Lipinski definition) is 0. The molecule has 0 atom stereocenters. The van der Waals surface area contributed by atoms with Gasteiger partial charge in [0, 0.05) is 0 Å². The van der Waals surface area contributed by atoms with Crippen molar-refractivity contribution >= 4 is 0 Å². The Labute approximate surface area is 78.4 Å². The number of hydrogen-bond donors (Lipinski definition) is 0. The van der Waals surface area contributed by atoms with Crippen molar-refractivity contribution in [3.8, 4) is 0 Å². The third-order valence-electron chi connectivity index (χ3n) is 1.82. The Hall–Kier alpha value is -0.520. The molecular weight excluding hydrogens is 144 g/mol. The first-order valence-electron chi connectivity index (χ1n) is 4.89. The van der Waals surface area contributed by atoms with Gasteiger partial charge in [-0.2, -0.15) is 0 Å². The lowest BCUT2D eigenvalue weighted by Gasteiger charge is -2.03. The summed E-state index contributed by atoms with van der Waals surface area (Å²) in [6, 6.07) is 0. The maximum atomic E-state index is 2.24. The first kappa shape index (κ1) is 14.0. The second-order valence-corrected chi connectivity index (χ2v) is 3.08. The monoisotopic (exact) mass is 168 g/mol. The van der Waals surface area contributed by atoms with Gasteiger partial charge in [0.05, 0.1) is 0 Å². The largest absolute Gasteiger partial charge is 0.0847 e. The summed E-state index contributed by atoms with van der Waals surface area (Å²) >= 11 is 0. The zero-order valence-corrected chi connectivity index (χ0v) is 9.73. The molecule has 0 spiro atoms. The molecule has 12 heavy (non-hydrogen) atoms. The molecule has 0 radical (unpaired) electrons. The molecule has 0 aliphatic carbocycles. The maximum absolute atomic E-state index is 2.24. The van der Waals surface area contributed by atoms with E-state index in [0.29, 0.717) is 5.92 Å². The molecule has 0 amide bonds. The highest BCUT2D eigenvalue weighted by Crippen LogP contribution is 2.10. The molecule has 0 unspecified atom stereocenters. The quantitative estimate of drug-likeness (QED) is 0.529. The summed E-state index contributed by atoms with van der Waals surface area (Å²) in [7, 11) is 0. The predicted molar refractivity (Wildman–Crippen MR) is 59.4 cm³/mol. The molecule has 0 N–H and O–H groups in total. The fourth-order valence-corrected chi connectivity index (χ4v) is 0.609. The molecule has 0 rings (SSSR count). The van der Waals surface area contributed by atoms with Gasteiger partial charge in [-0.05, 0) is 26.7 Å². The first-order chi connectivity index (χ1) is 5.57. The molecule has 0 fully saturated rings. The minimum absolute atomic E-state index is 0.676. The molecule has 0 aromatic rings. The van der Waals surface area contributed by atoms with Gasteiger partial charge < -0.3 is 0 Å². The van der Waals surface area contributed by atoms with E-state index >= 15 is 0 Å². The van der Waals surface area contributed by atoms with Gasteiger partial charge in [0.2, 0.25) is 0 Å². The highest BCUT2D eigenvalue weighted by molar-refractivity contribution is 5.20. The lowest BCUT2D eigenvalue weighted by atomic mass is 10.0. The van der Waals surface area contributed by atoms with Crippen LogP contribution in [0.15, 0.2) is 23.3 Å². The summed E-state index contributed by atoms with van der Waals surface area (Å²) in [6.07, 6.45) is 4.37. The Kier molecular flexibility index (Phi) is 10.0. The van der Waals surface area contributed by atoms with Gasteiger partial charge in [-0.15, -0.1) is 0 Å². The summed E-state index contributed by atoms with van der Waals surface area (Å²) in [5, 5.41) is 0. The Bertz CT molecular complexity index is 147. The van der Waals surface area contributed by atoms with E-state index in [9.17, 15) is 0 Å². The van der Waals surface area contributed by atoms with Gasteiger partial charge in [-0.1, -0.05) is 51.0 Å². The van der Waals surface area contributed by atoms with Crippen LogP contribution >= 0.6 is 0 Å². The summed E-state index contributed by atoms with van der Waals surface area (Å²) in [5.74, 6) is 0.676. The van der Waals surface area contributed by atoms with Crippen LogP contribution in [0.2, 0.25) is 0 Å². The number of allylic oxidation sites excluding steroid dienone is 4. The Morgan fingerprint density at radius 2 is 1.50 bits per heavy atom. The van der Waals surface area contributed by atoms with Gasteiger partial charge in [0.1, 0.15) is 0 Å². The summed E-state index contributed by atoms with van der Waals surface area (Å²) in [4.78, 5) is 0. The van der Waals surface area contributed by atoms with Crippen molar-refractivity contribution in [3.63, 3.8) is 0 Å². The minimum atomic E-state index is 0.676. The smallest absolute Gasteiger partial charge is 0.0260 e. The topological polar surface area (TPSA) is 0 Å². The van der Waals surface area contributed by atoms with Crippen molar-refractivity contribution < 1.29 is 0 Å². The third-order valence-corrected chi connectivity index (χ3v) is 1.82. The molecule has 0 saturated carbocycles. The van der Waals surface area contributed by atoms with Crippen LogP contribution in [-0.4, -0.2) is 0 Å².